The van der Waals surface area contributed by atoms with E-state index in [1.165, 1.54) is 173 Å². The number of hydrogen-bond donors (Lipinski definition) is 4. The van der Waals surface area contributed by atoms with Crippen LogP contribution in [0.25, 0.3) is 0 Å². The van der Waals surface area contributed by atoms with E-state index in [4.69, 9.17) is 44.5 Å². The summed E-state index contributed by atoms with van der Waals surface area (Å²) in [6, 6.07) is 0. The molecule has 1 unspecified atom stereocenters. The Hall–Kier alpha value is -0.110. The van der Waals surface area contributed by atoms with E-state index in [1.54, 1.807) is 0 Å². The van der Waals surface area contributed by atoms with Gasteiger partial charge in [0.15, 0.2) is 0 Å². The molecule has 6 nitrogen and oxygen atoms in total. The highest BCUT2D eigenvalue weighted by Gasteiger charge is 2.19. The van der Waals surface area contributed by atoms with E-state index in [0.717, 1.165) is 38.4 Å². The molecule has 0 amide bonds. The topological polar surface area (TPSA) is 114 Å². The van der Waals surface area contributed by atoms with Gasteiger partial charge in [0.05, 0.1) is 18.6 Å². The van der Waals surface area contributed by atoms with Crippen LogP contribution in [0.3, 0.4) is 0 Å². The smallest absolute Gasteiger partial charge is 0.303 e. The van der Waals surface area contributed by atoms with Crippen LogP contribution < -0.4 is 16.8 Å². The van der Waals surface area contributed by atoms with E-state index in [2.05, 4.69) is 19.2 Å². The van der Waals surface area contributed by atoms with Gasteiger partial charge in [-0.05, 0) is 12.8 Å². The Morgan fingerprint density at radius 1 is 0.571 bits per heavy atom. The third kappa shape index (κ3) is 63.4. The zero-order valence-electron chi connectivity index (χ0n) is 32.9. The molecule has 0 bridgehead atoms. The summed E-state index contributed by atoms with van der Waals surface area (Å²) in [4.78, 5) is 10.3. The maximum absolute atomic E-state index is 10.3. The number of alkyl halides is 2. The van der Waals surface area contributed by atoms with Crippen LogP contribution >= 0.6 is 23.2 Å². The lowest BCUT2D eigenvalue weighted by Crippen LogP contribution is -2.27. The van der Waals surface area contributed by atoms with Crippen molar-refractivity contribution in [2.45, 2.75) is 213 Å². The second-order valence-corrected chi connectivity index (χ2v) is 14.5. The number of aliphatic carboxylic acids is 1. The number of nitrogens with two attached hydrogens (primary N) is 2. The third-order valence-corrected chi connectivity index (χ3v) is 9.31. The standard InChI is InChI=1S/C18H36O2.C16H33Cl.C4H13N3.C3H5ClO/c1-2-3-4-5-6-7-8-9-10-11-12-13-14-15-16-17-18(19)20;1-2-3-4-5-6-7-8-9-10-11-12-13-14-15-16-17;5-1-3-7-4-2-6;4-1-3-2-5-3/h2-17H2,1H3,(H,19,20);2-16H2,1H3;7H,1-6H2;3H,1-2H2. The van der Waals surface area contributed by atoms with Crippen molar-refractivity contribution in [2.75, 3.05) is 44.5 Å². The van der Waals surface area contributed by atoms with Gasteiger partial charge in [-0.25, -0.2) is 0 Å². The van der Waals surface area contributed by atoms with Crippen LogP contribution in [0.1, 0.15) is 206 Å². The highest BCUT2D eigenvalue weighted by molar-refractivity contribution is 6.18. The van der Waals surface area contributed by atoms with Crippen LogP contribution in [0, 0.1) is 0 Å². The summed E-state index contributed by atoms with van der Waals surface area (Å²) in [6.45, 7) is 8.57. The first-order valence-corrected chi connectivity index (χ1v) is 22.2. The van der Waals surface area contributed by atoms with E-state index < -0.39 is 5.97 Å². The molecule has 1 atom stereocenters. The van der Waals surface area contributed by atoms with E-state index in [9.17, 15) is 4.79 Å². The number of unbranched alkanes of at least 4 members (excludes halogenated alkanes) is 27. The van der Waals surface area contributed by atoms with Gasteiger partial charge in [0, 0.05) is 38.5 Å². The highest BCUT2D eigenvalue weighted by atomic mass is 35.5. The summed E-state index contributed by atoms with van der Waals surface area (Å²) in [6.07, 6.45) is 40.4. The predicted octanol–water partition coefficient (Wildman–Crippen LogP) is 12.2. The molecule has 1 heterocycles. The fourth-order valence-electron chi connectivity index (χ4n) is 5.42. The largest absolute Gasteiger partial charge is 0.481 e. The molecule has 1 saturated heterocycles. The molecule has 0 aromatic carbocycles. The van der Waals surface area contributed by atoms with Crippen molar-refractivity contribution >= 4 is 29.2 Å². The summed E-state index contributed by atoms with van der Waals surface area (Å²) in [5, 5.41) is 11.6. The molecule has 0 radical (unpaired) electrons. The number of carboxylic acid groups (broad SMARTS) is 1. The van der Waals surface area contributed by atoms with Crippen LogP contribution in [0.4, 0.5) is 0 Å². The van der Waals surface area contributed by atoms with E-state index in [-0.39, 0.29) is 0 Å². The number of carboxylic acids is 1. The number of nitrogens with one attached hydrogen (secondary N) is 1. The van der Waals surface area contributed by atoms with Crippen molar-refractivity contribution in [3.05, 3.63) is 0 Å². The lowest BCUT2D eigenvalue weighted by Gasteiger charge is -2.03. The van der Waals surface area contributed by atoms with Crippen molar-refractivity contribution in [1.29, 1.82) is 0 Å². The van der Waals surface area contributed by atoms with Gasteiger partial charge in [-0.2, -0.15) is 0 Å². The molecular weight excluding hydrogens is 653 g/mol. The second kappa shape index (κ2) is 52.3. The molecule has 1 fully saturated rings. The highest BCUT2D eigenvalue weighted by Crippen LogP contribution is 2.15. The van der Waals surface area contributed by atoms with Crippen LogP contribution in [-0.4, -0.2) is 61.7 Å². The molecule has 1 rings (SSSR count). The summed E-state index contributed by atoms with van der Waals surface area (Å²) < 4.78 is 4.73. The Labute approximate surface area is 316 Å². The van der Waals surface area contributed by atoms with Gasteiger partial charge in [0.25, 0.3) is 0 Å². The third-order valence-electron chi connectivity index (χ3n) is 8.70. The number of hydrogen-bond acceptors (Lipinski definition) is 5. The average Bonchev–Trinajstić information content (AvgIpc) is 3.95. The van der Waals surface area contributed by atoms with Crippen LogP contribution in [0.2, 0.25) is 0 Å². The molecule has 6 N–H and O–H groups in total. The van der Waals surface area contributed by atoms with E-state index >= 15 is 0 Å². The number of epoxide rings is 1. The van der Waals surface area contributed by atoms with Gasteiger partial charge >= 0.3 is 5.97 Å². The molecule has 298 valence electrons. The van der Waals surface area contributed by atoms with Gasteiger partial charge in [0.1, 0.15) is 0 Å². The number of rotatable bonds is 35. The maximum atomic E-state index is 10.3. The lowest BCUT2D eigenvalue weighted by atomic mass is 10.0. The predicted molar refractivity (Wildman–Crippen MR) is 220 cm³/mol. The van der Waals surface area contributed by atoms with Crippen molar-refractivity contribution in [3.8, 4) is 0 Å². The molecule has 0 spiro atoms. The quantitative estimate of drug-likeness (QED) is 0.0292. The molecule has 49 heavy (non-hydrogen) atoms. The zero-order valence-corrected chi connectivity index (χ0v) is 34.4. The van der Waals surface area contributed by atoms with Crippen molar-refractivity contribution < 1.29 is 14.6 Å². The first-order chi connectivity index (χ1) is 24.0. The Bertz CT molecular complexity index is 554. The minimum atomic E-state index is -0.653. The van der Waals surface area contributed by atoms with E-state index in [1.807, 2.05) is 0 Å². The van der Waals surface area contributed by atoms with Crippen molar-refractivity contribution in [2.24, 2.45) is 11.5 Å². The Balaban J connectivity index is -0.000000649. The number of halogens is 2. The molecule has 0 saturated carbocycles. The number of carbonyl (C=O) groups is 1. The average molecular weight is 741 g/mol. The fraction of sp³-hybridized carbons (Fsp3) is 0.976. The van der Waals surface area contributed by atoms with Crippen LogP contribution in [0.15, 0.2) is 0 Å². The monoisotopic (exact) mass is 740 g/mol. The summed E-state index contributed by atoms with van der Waals surface area (Å²) >= 11 is 10.9. The molecule has 1 aliphatic heterocycles. The fourth-order valence-corrected chi connectivity index (χ4v) is 5.79. The summed E-state index contributed by atoms with van der Waals surface area (Å²) in [7, 11) is 0. The summed E-state index contributed by atoms with van der Waals surface area (Å²) in [5.41, 5.74) is 10.3. The van der Waals surface area contributed by atoms with Crippen molar-refractivity contribution in [1.82, 2.24) is 5.32 Å². The molecule has 0 aliphatic carbocycles. The minimum absolute atomic E-state index is 0.345. The SMILES string of the molecule is CCCCCCCCCCCCCCCCCC(=O)O.CCCCCCCCCCCCCCCCCl.ClCC1CO1.NCCNCCN. The van der Waals surface area contributed by atoms with Gasteiger partial charge in [0.2, 0.25) is 0 Å². The molecular formula is C41H87Cl2N3O3. The van der Waals surface area contributed by atoms with Gasteiger partial charge < -0.3 is 26.6 Å². The van der Waals surface area contributed by atoms with Crippen LogP contribution in [0.5, 0.6) is 0 Å². The Morgan fingerprint density at radius 2 is 0.857 bits per heavy atom. The first kappa shape index (κ1) is 53.2. The normalized spacial score (nSPS) is 13.1. The van der Waals surface area contributed by atoms with Crippen LogP contribution in [-0.2, 0) is 9.53 Å². The lowest BCUT2D eigenvalue weighted by molar-refractivity contribution is -0.137. The van der Waals surface area contributed by atoms with E-state index in [0.29, 0.717) is 31.5 Å². The summed E-state index contributed by atoms with van der Waals surface area (Å²) in [5.74, 6) is 0.859. The first-order valence-electron chi connectivity index (χ1n) is 21.1. The number of ether oxygens (including phenoxy) is 1. The van der Waals surface area contributed by atoms with Gasteiger partial charge in [-0.1, -0.05) is 187 Å². The molecule has 0 aromatic rings. The molecule has 1 aliphatic rings. The molecule has 8 heteroatoms. The Morgan fingerprint density at radius 3 is 1.06 bits per heavy atom. The second-order valence-electron chi connectivity index (χ2n) is 13.8. The molecule has 0 aromatic heterocycles. The maximum Gasteiger partial charge on any atom is 0.303 e. The van der Waals surface area contributed by atoms with Crippen molar-refractivity contribution in [3.63, 3.8) is 0 Å². The Kier molecular flexibility index (Phi) is 56.8. The van der Waals surface area contributed by atoms with Gasteiger partial charge in [-0.15, -0.1) is 23.2 Å². The zero-order chi connectivity index (χ0) is 36.7. The van der Waals surface area contributed by atoms with Gasteiger partial charge in [-0.3, -0.25) is 4.79 Å². The minimum Gasteiger partial charge on any atom is -0.481 e.